The van der Waals surface area contributed by atoms with E-state index in [2.05, 4.69) is 82.3 Å². The summed E-state index contributed by atoms with van der Waals surface area (Å²) in [5, 5.41) is 11.8. The van der Waals surface area contributed by atoms with E-state index in [-0.39, 0.29) is 17.4 Å². The van der Waals surface area contributed by atoms with Gasteiger partial charge in [-0.15, -0.1) is 0 Å². The molecule has 2 aliphatic rings. The molecule has 1 aliphatic carbocycles. The van der Waals surface area contributed by atoms with Gasteiger partial charge in [-0.3, -0.25) is 0 Å². The minimum atomic E-state index is -0.720. The third-order valence-corrected chi connectivity index (χ3v) is 8.45. The van der Waals surface area contributed by atoms with E-state index >= 15 is 0 Å². The number of benzene rings is 3. The third-order valence-electron chi connectivity index (χ3n) is 8.45. The monoisotopic (exact) mass is 535 g/mol. The number of hydrogen-bond donors (Lipinski definition) is 1. The van der Waals surface area contributed by atoms with Gasteiger partial charge in [0.05, 0.1) is 24.3 Å². The number of rotatable bonds is 6. The van der Waals surface area contributed by atoms with Crippen LogP contribution in [0.4, 0.5) is 4.79 Å². The van der Waals surface area contributed by atoms with Crippen LogP contribution in [-0.4, -0.2) is 44.3 Å². The van der Waals surface area contributed by atoms with Crippen molar-refractivity contribution in [1.82, 2.24) is 14.5 Å². The summed E-state index contributed by atoms with van der Waals surface area (Å²) in [7, 11) is 0. The first kappa shape index (κ1) is 26.3. The van der Waals surface area contributed by atoms with E-state index in [1.165, 1.54) is 0 Å². The molecule has 0 bridgehead atoms. The van der Waals surface area contributed by atoms with Crippen LogP contribution in [0.2, 0.25) is 0 Å². The van der Waals surface area contributed by atoms with Crippen molar-refractivity contribution in [3.05, 3.63) is 126 Å². The van der Waals surface area contributed by atoms with Crippen molar-refractivity contribution in [3.63, 3.8) is 0 Å². The molecule has 1 atom stereocenters. The fourth-order valence-corrected chi connectivity index (χ4v) is 6.75. The smallest absolute Gasteiger partial charge is 0.410 e. The Morgan fingerprint density at radius 2 is 1.35 bits per heavy atom. The Hall–Kier alpha value is -3.90. The summed E-state index contributed by atoms with van der Waals surface area (Å²) in [5.74, 6) is 0.0938. The number of carbonyl (C=O) groups excluding carboxylic acids is 1. The van der Waals surface area contributed by atoms with Crippen LogP contribution in [0.25, 0.3) is 0 Å². The number of imidazole rings is 1. The van der Waals surface area contributed by atoms with Gasteiger partial charge in [0, 0.05) is 18.5 Å². The average molecular weight is 536 g/mol. The summed E-state index contributed by atoms with van der Waals surface area (Å²) in [6, 6.07) is 31.3. The summed E-state index contributed by atoms with van der Waals surface area (Å²) in [6.45, 7) is 7.04. The summed E-state index contributed by atoms with van der Waals surface area (Å²) < 4.78 is 7.71. The molecular formula is C34H37N3O3. The van der Waals surface area contributed by atoms with Gasteiger partial charge in [0.2, 0.25) is 0 Å². The second-order valence-corrected chi connectivity index (χ2v) is 12.4. The highest BCUT2D eigenvalue weighted by molar-refractivity contribution is 5.69. The predicted molar refractivity (Wildman–Crippen MR) is 155 cm³/mol. The topological polar surface area (TPSA) is 67.6 Å². The standard InChI is InChI=1S/C34H37N3O3/c1-32(2,3)40-31(39)36-22-33(23-36)19-25(20-33)30(38)29-21-35-24-37(29)34(26-13-7-4-8-14-26,27-15-9-5-10-16-27)28-17-11-6-12-18-28/h4-18,21,24-25,30,38H,19-20,22-23H2,1-3H3. The van der Waals surface area contributed by atoms with Gasteiger partial charge < -0.3 is 19.3 Å². The van der Waals surface area contributed by atoms with E-state index in [0.717, 1.165) is 35.2 Å². The molecule has 1 aliphatic heterocycles. The second kappa shape index (κ2) is 9.93. The van der Waals surface area contributed by atoms with Crippen molar-refractivity contribution in [2.45, 2.75) is 50.9 Å². The molecule has 4 aromatic rings. The maximum absolute atomic E-state index is 12.5. The molecule has 6 nitrogen and oxygen atoms in total. The fraction of sp³-hybridized carbons (Fsp3) is 0.353. The molecule has 1 amide bonds. The Kier molecular flexibility index (Phi) is 6.54. The molecule has 6 heteroatoms. The summed E-state index contributed by atoms with van der Waals surface area (Å²) >= 11 is 0. The molecule has 1 aromatic heterocycles. The largest absolute Gasteiger partial charge is 0.444 e. The van der Waals surface area contributed by atoms with Gasteiger partial charge in [0.1, 0.15) is 11.1 Å². The highest BCUT2D eigenvalue weighted by Crippen LogP contribution is 2.56. The highest BCUT2D eigenvalue weighted by atomic mass is 16.6. The maximum atomic E-state index is 12.5. The molecule has 1 saturated heterocycles. The average Bonchev–Trinajstić information content (AvgIpc) is 3.39. The van der Waals surface area contributed by atoms with Crippen molar-refractivity contribution < 1.29 is 14.6 Å². The van der Waals surface area contributed by atoms with Crippen molar-refractivity contribution in [1.29, 1.82) is 0 Å². The lowest BCUT2D eigenvalue weighted by molar-refractivity contribution is -0.124. The van der Waals surface area contributed by atoms with E-state index in [0.29, 0.717) is 13.1 Å². The summed E-state index contributed by atoms with van der Waals surface area (Å²) in [6.07, 6.45) is 4.47. The Bertz CT molecular complexity index is 1350. The lowest BCUT2D eigenvalue weighted by atomic mass is 9.56. The molecule has 40 heavy (non-hydrogen) atoms. The van der Waals surface area contributed by atoms with Crippen LogP contribution in [0.15, 0.2) is 104 Å². The molecule has 3 aromatic carbocycles. The number of hydrogen-bond acceptors (Lipinski definition) is 4. The number of likely N-dealkylation sites (tertiary alicyclic amines) is 1. The van der Waals surface area contributed by atoms with Gasteiger partial charge in [-0.25, -0.2) is 9.78 Å². The number of ether oxygens (including phenoxy) is 1. The first-order valence-corrected chi connectivity index (χ1v) is 14.1. The van der Waals surface area contributed by atoms with Gasteiger partial charge in [-0.1, -0.05) is 91.0 Å². The van der Waals surface area contributed by atoms with E-state index in [9.17, 15) is 9.90 Å². The molecule has 6 rings (SSSR count). The quantitative estimate of drug-likeness (QED) is 0.290. The van der Waals surface area contributed by atoms with Crippen molar-refractivity contribution >= 4 is 6.09 Å². The normalized spacial score (nSPS) is 17.6. The van der Waals surface area contributed by atoms with E-state index in [4.69, 9.17) is 4.74 Å². The number of aliphatic hydroxyl groups excluding tert-OH is 1. The molecule has 0 radical (unpaired) electrons. The Morgan fingerprint density at radius 1 is 0.875 bits per heavy atom. The van der Waals surface area contributed by atoms with E-state index in [1.54, 1.807) is 4.90 Å². The molecule has 1 N–H and O–H groups in total. The van der Waals surface area contributed by atoms with Crippen molar-refractivity contribution in [2.75, 3.05) is 13.1 Å². The minimum Gasteiger partial charge on any atom is -0.444 e. The predicted octanol–water partition coefficient (Wildman–Crippen LogP) is 6.40. The molecule has 1 saturated carbocycles. The SMILES string of the molecule is CC(C)(C)OC(=O)N1CC2(CC(C(O)c3cncn3C(c3ccccc3)(c3ccccc3)c3ccccc3)C2)C1. The van der Waals surface area contributed by atoms with Crippen LogP contribution in [0, 0.1) is 11.3 Å². The Balaban J connectivity index is 1.33. The van der Waals surface area contributed by atoms with Gasteiger partial charge in [-0.05, 0) is 56.2 Å². The lowest BCUT2D eigenvalue weighted by Crippen LogP contribution is -2.64. The van der Waals surface area contributed by atoms with Gasteiger partial charge in [0.15, 0.2) is 0 Å². The zero-order chi connectivity index (χ0) is 28.0. The highest BCUT2D eigenvalue weighted by Gasteiger charge is 2.56. The molecule has 2 fully saturated rings. The number of carbonyl (C=O) groups is 1. The Morgan fingerprint density at radius 3 is 1.80 bits per heavy atom. The van der Waals surface area contributed by atoms with Crippen LogP contribution in [0.3, 0.4) is 0 Å². The van der Waals surface area contributed by atoms with E-state index in [1.807, 2.05) is 51.5 Å². The zero-order valence-corrected chi connectivity index (χ0v) is 23.4. The maximum Gasteiger partial charge on any atom is 0.410 e. The van der Waals surface area contributed by atoms with Crippen LogP contribution in [-0.2, 0) is 10.3 Å². The van der Waals surface area contributed by atoms with E-state index < -0.39 is 17.2 Å². The zero-order valence-electron chi connectivity index (χ0n) is 23.4. The number of aliphatic hydroxyl groups is 1. The molecule has 206 valence electrons. The summed E-state index contributed by atoms with van der Waals surface area (Å²) in [4.78, 5) is 18.9. The van der Waals surface area contributed by atoms with Crippen molar-refractivity contribution in [3.8, 4) is 0 Å². The van der Waals surface area contributed by atoms with Crippen molar-refractivity contribution in [2.24, 2.45) is 11.3 Å². The van der Waals surface area contributed by atoms with Crippen LogP contribution >= 0.6 is 0 Å². The van der Waals surface area contributed by atoms with Gasteiger partial charge >= 0.3 is 6.09 Å². The van der Waals surface area contributed by atoms with Gasteiger partial charge in [0.25, 0.3) is 0 Å². The second-order valence-electron chi connectivity index (χ2n) is 12.4. The molecule has 1 spiro atoms. The van der Waals surface area contributed by atoms with Gasteiger partial charge in [-0.2, -0.15) is 0 Å². The van der Waals surface area contributed by atoms with Crippen LogP contribution in [0.1, 0.15) is 62.1 Å². The minimum absolute atomic E-state index is 0.0722. The van der Waals surface area contributed by atoms with Crippen LogP contribution < -0.4 is 0 Å². The molecule has 2 heterocycles. The molecule has 1 unspecified atom stereocenters. The number of aromatic nitrogens is 2. The number of amides is 1. The fourth-order valence-electron chi connectivity index (χ4n) is 6.75. The summed E-state index contributed by atoms with van der Waals surface area (Å²) in [5.41, 5.74) is 2.92. The first-order chi connectivity index (χ1) is 19.2. The molecular weight excluding hydrogens is 498 g/mol. The first-order valence-electron chi connectivity index (χ1n) is 14.1. The lowest BCUT2D eigenvalue weighted by Gasteiger charge is -2.59. The Labute approximate surface area is 236 Å². The van der Waals surface area contributed by atoms with Crippen LogP contribution in [0.5, 0.6) is 0 Å². The third kappa shape index (κ3) is 4.50. The number of nitrogens with zero attached hydrogens (tertiary/aromatic N) is 3.